The van der Waals surface area contributed by atoms with E-state index in [1.807, 2.05) is 6.07 Å². The fourth-order valence-corrected chi connectivity index (χ4v) is 7.29. The number of allylic oxidation sites excluding steroid dienone is 6. The van der Waals surface area contributed by atoms with E-state index in [4.69, 9.17) is 4.74 Å². The van der Waals surface area contributed by atoms with E-state index in [0.717, 1.165) is 24.3 Å². The van der Waals surface area contributed by atoms with Gasteiger partial charge in [0.05, 0.1) is 12.5 Å². The van der Waals surface area contributed by atoms with E-state index in [1.54, 1.807) is 19.1 Å². The van der Waals surface area contributed by atoms with Crippen molar-refractivity contribution in [1.82, 2.24) is 0 Å². The largest absolute Gasteiger partial charge is 0.462 e. The van der Waals surface area contributed by atoms with E-state index in [1.165, 1.54) is 36.5 Å². The van der Waals surface area contributed by atoms with Crippen molar-refractivity contribution in [2.75, 3.05) is 6.61 Å². The molecule has 2 N–H and O–H groups in total. The number of carbonyl (C=O) groups is 2. The molecule has 1 aliphatic heterocycles. The molecule has 3 aliphatic carbocycles. The highest BCUT2D eigenvalue weighted by Crippen LogP contribution is 2.54. The first-order valence-corrected chi connectivity index (χ1v) is 14.2. The van der Waals surface area contributed by atoms with Crippen LogP contribution in [0.4, 0.5) is 9.18 Å². The van der Waals surface area contributed by atoms with Gasteiger partial charge in [-0.3, -0.25) is 4.79 Å². The number of carbonyl (C=O) groups excluding carboxylic acids is 2. The number of nitrogens with two attached hydrogens (primary N) is 1. The number of esters is 1. The van der Waals surface area contributed by atoms with Crippen molar-refractivity contribution in [3.05, 3.63) is 65.5 Å². The van der Waals surface area contributed by atoms with E-state index < -0.39 is 6.09 Å². The molecule has 1 saturated heterocycles. The fraction of sp³-hybridized carbons (Fsp3) is 0.562. The fourth-order valence-electron chi connectivity index (χ4n) is 7.29. The molecule has 5 rings (SSSR count). The highest BCUT2D eigenvalue weighted by molar-refractivity contribution is 5.75. The number of ether oxygens (including phenoxy) is 2. The van der Waals surface area contributed by atoms with E-state index in [9.17, 15) is 14.0 Å². The van der Waals surface area contributed by atoms with Crippen LogP contribution in [0.5, 0.6) is 0 Å². The Bertz CT molecular complexity index is 1120. The predicted molar refractivity (Wildman–Crippen MR) is 149 cm³/mol. The molecule has 0 spiro atoms. The molecule has 1 unspecified atom stereocenters. The molecule has 38 heavy (non-hydrogen) atoms. The van der Waals surface area contributed by atoms with Crippen LogP contribution < -0.4 is 5.73 Å². The molecule has 4 aliphatic rings. The number of hydrogen-bond donors (Lipinski definition) is 1. The predicted octanol–water partition coefficient (Wildman–Crippen LogP) is 7.33. The summed E-state index contributed by atoms with van der Waals surface area (Å²) >= 11 is 0. The number of halogens is 1. The lowest BCUT2D eigenvalue weighted by Crippen LogP contribution is -2.43. The summed E-state index contributed by atoms with van der Waals surface area (Å²) in [6, 6.07) is 6.90. The second-order valence-electron chi connectivity index (χ2n) is 11.6. The minimum absolute atomic E-state index is 0. The summed E-state index contributed by atoms with van der Waals surface area (Å²) in [7, 11) is 0. The Labute approximate surface area is 227 Å². The van der Waals surface area contributed by atoms with Crippen molar-refractivity contribution in [2.45, 2.75) is 65.9 Å². The second kappa shape index (κ2) is 12.3. The number of benzene rings is 1. The summed E-state index contributed by atoms with van der Waals surface area (Å²) in [6.45, 7) is 8.73. The number of rotatable bonds is 4. The molecule has 6 heteroatoms. The van der Waals surface area contributed by atoms with Crippen LogP contribution in [-0.2, 0) is 14.3 Å². The average Bonchev–Trinajstić information content (AvgIpc) is 3.14. The van der Waals surface area contributed by atoms with Gasteiger partial charge in [0.15, 0.2) is 0 Å². The first-order valence-electron chi connectivity index (χ1n) is 14.2. The van der Waals surface area contributed by atoms with Gasteiger partial charge in [0, 0.05) is 7.34 Å². The zero-order valence-electron chi connectivity index (χ0n) is 23.1. The van der Waals surface area contributed by atoms with E-state index in [2.05, 4.69) is 55.5 Å². The normalized spacial score (nSPS) is 34.2. The molecule has 2 saturated carbocycles. The SMILES string of the molecule is CC1CC(/C=C/[C@@H]2[C@@H]3CC[C@H](C)C[C@H]3C[C@H]3C(=O)O[C@@H](C)[C@@H]23)=CC=C1c1cccc(F)c1.CCOC(N)=O.[HH]. The maximum Gasteiger partial charge on any atom is 0.404 e. The summed E-state index contributed by atoms with van der Waals surface area (Å²) in [5, 5.41) is 0. The Morgan fingerprint density at radius 2 is 2.00 bits per heavy atom. The Balaban J connectivity index is 0.000000543. The van der Waals surface area contributed by atoms with Crippen molar-refractivity contribution >= 4 is 17.6 Å². The molecule has 1 amide bonds. The van der Waals surface area contributed by atoms with Gasteiger partial charge >= 0.3 is 12.1 Å². The van der Waals surface area contributed by atoms with Crippen LogP contribution >= 0.6 is 0 Å². The first-order chi connectivity index (χ1) is 18.2. The molecule has 3 fully saturated rings. The molecule has 5 nitrogen and oxygen atoms in total. The van der Waals surface area contributed by atoms with Gasteiger partial charge in [0.1, 0.15) is 11.9 Å². The smallest absolute Gasteiger partial charge is 0.404 e. The molecule has 0 bridgehead atoms. The third-order valence-corrected chi connectivity index (χ3v) is 8.94. The van der Waals surface area contributed by atoms with Crippen LogP contribution in [0.2, 0.25) is 0 Å². The zero-order chi connectivity index (χ0) is 27.4. The lowest BCUT2D eigenvalue weighted by molar-refractivity contribution is -0.144. The quantitative estimate of drug-likeness (QED) is 0.418. The van der Waals surface area contributed by atoms with Gasteiger partial charge in [-0.1, -0.05) is 56.7 Å². The third kappa shape index (κ3) is 6.39. The average molecular weight is 526 g/mol. The first kappa shape index (κ1) is 28.1. The Kier molecular flexibility index (Phi) is 9.11. The van der Waals surface area contributed by atoms with Crippen molar-refractivity contribution in [3.8, 4) is 0 Å². The monoisotopic (exact) mass is 525 g/mol. The van der Waals surface area contributed by atoms with Gasteiger partial charge < -0.3 is 15.2 Å². The van der Waals surface area contributed by atoms with Crippen molar-refractivity contribution in [3.63, 3.8) is 0 Å². The second-order valence-corrected chi connectivity index (χ2v) is 11.6. The Hall–Kier alpha value is -2.89. The Morgan fingerprint density at radius 3 is 2.66 bits per heavy atom. The van der Waals surface area contributed by atoms with E-state index in [-0.39, 0.29) is 25.2 Å². The number of primary amides is 1. The lowest BCUT2D eigenvalue weighted by Gasteiger charge is -2.47. The number of hydrogen-bond acceptors (Lipinski definition) is 4. The van der Waals surface area contributed by atoms with E-state index >= 15 is 0 Å². The summed E-state index contributed by atoms with van der Waals surface area (Å²) in [4.78, 5) is 22.2. The van der Waals surface area contributed by atoms with Crippen LogP contribution in [0.15, 0.2) is 54.1 Å². The van der Waals surface area contributed by atoms with Gasteiger partial charge in [-0.2, -0.15) is 0 Å². The van der Waals surface area contributed by atoms with Crippen LogP contribution in [-0.4, -0.2) is 24.8 Å². The molecule has 8 atom stereocenters. The highest BCUT2D eigenvalue weighted by Gasteiger charge is 2.54. The standard InChI is InChI=1S/C29H35FO2.C3H7NO2.H2/c1-17-7-10-25-22(13-17)16-27-28(19(3)32-29(27)31)26(25)12-9-20-8-11-24(18(2)14-20)21-5-4-6-23(30)15-21;1-2-6-3(4)5;/h4-6,8-9,11-12,15,17-19,22,25-28H,7,10,13-14,16H2,1-3H3;2H2,1H3,(H2,4,5);1H/b12-9+;;/t17-,18?,19-,22-,25+,26+,27+,28-;;/m0../s1. The van der Waals surface area contributed by atoms with Gasteiger partial charge in [-0.25, -0.2) is 9.18 Å². The van der Waals surface area contributed by atoms with Crippen LogP contribution in [0.1, 0.15) is 66.8 Å². The molecule has 208 valence electrons. The maximum absolute atomic E-state index is 13.7. The van der Waals surface area contributed by atoms with Crippen LogP contribution in [0, 0.1) is 47.2 Å². The summed E-state index contributed by atoms with van der Waals surface area (Å²) in [6.07, 6.45) is 14.2. The summed E-state index contributed by atoms with van der Waals surface area (Å²) in [5.74, 6) is 3.07. The molecule has 1 aromatic rings. The maximum atomic E-state index is 13.7. The van der Waals surface area contributed by atoms with Gasteiger partial charge in [-0.05, 0) is 98.0 Å². The molecule has 1 aromatic carbocycles. The number of amides is 1. The summed E-state index contributed by atoms with van der Waals surface area (Å²) in [5.41, 5.74) is 8.03. The van der Waals surface area contributed by atoms with Gasteiger partial charge in [0.2, 0.25) is 0 Å². The summed E-state index contributed by atoms with van der Waals surface area (Å²) < 4.78 is 23.6. The number of fused-ring (bicyclic) bond motifs is 2. The lowest BCUT2D eigenvalue weighted by atomic mass is 9.56. The molecular formula is C32H44FNO4. The van der Waals surface area contributed by atoms with Gasteiger partial charge in [-0.15, -0.1) is 0 Å². The molecular weight excluding hydrogens is 481 g/mol. The number of cyclic esters (lactones) is 1. The minimum atomic E-state index is -0.711. The Morgan fingerprint density at radius 1 is 1.21 bits per heavy atom. The van der Waals surface area contributed by atoms with Crippen molar-refractivity contribution in [1.29, 1.82) is 0 Å². The minimum Gasteiger partial charge on any atom is -0.462 e. The molecule has 0 radical (unpaired) electrons. The van der Waals surface area contributed by atoms with Crippen LogP contribution in [0.3, 0.4) is 0 Å². The molecule has 0 aromatic heterocycles. The van der Waals surface area contributed by atoms with Crippen LogP contribution in [0.25, 0.3) is 5.57 Å². The van der Waals surface area contributed by atoms with E-state index in [0.29, 0.717) is 36.2 Å². The topological polar surface area (TPSA) is 78.6 Å². The zero-order valence-corrected chi connectivity index (χ0v) is 23.1. The highest BCUT2D eigenvalue weighted by atomic mass is 19.1. The van der Waals surface area contributed by atoms with Crippen molar-refractivity contribution in [2.24, 2.45) is 47.2 Å². The van der Waals surface area contributed by atoms with Crippen molar-refractivity contribution < 1.29 is 24.9 Å². The molecule has 1 heterocycles. The van der Waals surface area contributed by atoms with Gasteiger partial charge in [0.25, 0.3) is 0 Å². The third-order valence-electron chi connectivity index (χ3n) is 8.94.